The van der Waals surface area contributed by atoms with Crippen molar-refractivity contribution in [2.75, 3.05) is 5.32 Å². The Morgan fingerprint density at radius 1 is 1.07 bits per heavy atom. The number of fused-ring (bicyclic) bond motifs is 1. The number of hydrogen-bond acceptors (Lipinski definition) is 6. The summed E-state index contributed by atoms with van der Waals surface area (Å²) in [6, 6.07) is 9.33. The lowest BCUT2D eigenvalue weighted by Crippen LogP contribution is -2.30. The summed E-state index contributed by atoms with van der Waals surface area (Å²) in [6.07, 6.45) is 3.96. The highest BCUT2D eigenvalue weighted by atomic mass is 35.5. The van der Waals surface area contributed by atoms with Crippen LogP contribution in [0.25, 0.3) is 5.65 Å². The second-order valence-electron chi connectivity index (χ2n) is 7.24. The van der Waals surface area contributed by atoms with E-state index in [1.54, 1.807) is 24.3 Å². The molecule has 2 heterocycles. The first kappa shape index (κ1) is 20.5. The highest BCUT2D eigenvalue weighted by Gasteiger charge is 2.30. The average Bonchev–Trinajstić information content (AvgIpc) is 3.05. The summed E-state index contributed by atoms with van der Waals surface area (Å²) in [4.78, 5) is 24.9. The molecular weight excluding hydrogens is 430 g/mol. The molecule has 0 radical (unpaired) electrons. The molecule has 1 saturated carbocycles. The van der Waals surface area contributed by atoms with Gasteiger partial charge < -0.3 is 5.32 Å². The fourth-order valence-corrected chi connectivity index (χ4v) is 5.44. The van der Waals surface area contributed by atoms with Crippen LogP contribution in [0.5, 0.6) is 0 Å². The lowest BCUT2D eigenvalue weighted by atomic mass is 10.0. The standard InChI is InChI=1S/C19H20ClN5O4S/c20-13-6-8-14(9-7-13)21-17(26)12-24-19(27)25-16(22-24)10-11-18(23-25)30(28,29)15-4-2-1-3-5-15/h6-11,15H,1-5,12H2,(H,21,26). The molecule has 3 aromatic rings. The first-order chi connectivity index (χ1) is 14.3. The van der Waals surface area contributed by atoms with Gasteiger partial charge in [0.1, 0.15) is 6.54 Å². The smallest absolute Gasteiger partial charge is 0.324 e. The zero-order chi connectivity index (χ0) is 21.3. The van der Waals surface area contributed by atoms with Gasteiger partial charge in [-0.25, -0.2) is 17.9 Å². The van der Waals surface area contributed by atoms with Crippen molar-refractivity contribution in [2.24, 2.45) is 0 Å². The maximum absolute atomic E-state index is 12.9. The largest absolute Gasteiger partial charge is 0.367 e. The van der Waals surface area contributed by atoms with Crippen LogP contribution in [0.15, 0.2) is 46.2 Å². The Morgan fingerprint density at radius 2 is 1.77 bits per heavy atom. The van der Waals surface area contributed by atoms with Gasteiger partial charge in [0.05, 0.1) is 5.25 Å². The lowest BCUT2D eigenvalue weighted by Gasteiger charge is -2.20. The first-order valence-electron chi connectivity index (χ1n) is 9.61. The van der Waals surface area contributed by atoms with Crippen molar-refractivity contribution in [3.63, 3.8) is 0 Å². The van der Waals surface area contributed by atoms with E-state index in [0.717, 1.165) is 28.5 Å². The molecule has 1 N–H and O–H groups in total. The predicted octanol–water partition coefficient (Wildman–Crippen LogP) is 2.29. The van der Waals surface area contributed by atoms with Crippen molar-refractivity contribution in [1.29, 1.82) is 0 Å². The minimum Gasteiger partial charge on any atom is -0.324 e. The molecule has 1 aromatic carbocycles. The van der Waals surface area contributed by atoms with E-state index in [2.05, 4.69) is 15.5 Å². The second kappa shape index (κ2) is 8.19. The van der Waals surface area contributed by atoms with Crippen LogP contribution in [0.2, 0.25) is 5.02 Å². The minimum absolute atomic E-state index is 0.144. The quantitative estimate of drug-likeness (QED) is 0.638. The minimum atomic E-state index is -3.63. The summed E-state index contributed by atoms with van der Waals surface area (Å²) in [7, 11) is -3.63. The third-order valence-electron chi connectivity index (χ3n) is 5.12. The van der Waals surface area contributed by atoms with E-state index in [9.17, 15) is 18.0 Å². The number of hydrogen-bond donors (Lipinski definition) is 1. The molecule has 30 heavy (non-hydrogen) atoms. The van der Waals surface area contributed by atoms with Crippen LogP contribution in [0, 0.1) is 0 Å². The molecule has 9 nitrogen and oxygen atoms in total. The third kappa shape index (κ3) is 4.10. The van der Waals surface area contributed by atoms with E-state index in [1.807, 2.05) is 0 Å². The Labute approximate surface area is 177 Å². The monoisotopic (exact) mass is 449 g/mol. The predicted molar refractivity (Wildman–Crippen MR) is 111 cm³/mol. The fourth-order valence-electron chi connectivity index (χ4n) is 3.56. The van der Waals surface area contributed by atoms with Crippen molar-refractivity contribution in [2.45, 2.75) is 48.9 Å². The Bertz CT molecular complexity index is 1240. The highest BCUT2D eigenvalue weighted by Crippen LogP contribution is 2.27. The lowest BCUT2D eigenvalue weighted by molar-refractivity contribution is -0.117. The molecule has 0 aliphatic heterocycles. The number of amides is 1. The van der Waals surface area contributed by atoms with Crippen LogP contribution in [0.4, 0.5) is 5.69 Å². The number of carbonyl (C=O) groups is 1. The number of aromatic nitrogens is 4. The fraction of sp³-hybridized carbons (Fsp3) is 0.368. The molecule has 158 valence electrons. The van der Waals surface area contributed by atoms with E-state index in [4.69, 9.17) is 11.6 Å². The van der Waals surface area contributed by atoms with Gasteiger partial charge in [-0.3, -0.25) is 4.79 Å². The number of sulfone groups is 1. The molecule has 0 bridgehead atoms. The van der Waals surface area contributed by atoms with Gasteiger partial charge in [0, 0.05) is 10.7 Å². The molecule has 2 aromatic heterocycles. The molecule has 1 fully saturated rings. The van der Waals surface area contributed by atoms with Gasteiger partial charge in [0.25, 0.3) is 0 Å². The number of anilines is 1. The zero-order valence-electron chi connectivity index (χ0n) is 16.0. The van der Waals surface area contributed by atoms with E-state index in [1.165, 1.54) is 12.1 Å². The number of halogens is 1. The molecule has 0 spiro atoms. The molecule has 0 atom stereocenters. The zero-order valence-corrected chi connectivity index (χ0v) is 17.6. The summed E-state index contributed by atoms with van der Waals surface area (Å²) < 4.78 is 27.6. The van der Waals surface area contributed by atoms with Crippen molar-refractivity contribution in [3.8, 4) is 0 Å². The molecule has 1 aliphatic rings. The van der Waals surface area contributed by atoms with Gasteiger partial charge in [-0.15, -0.1) is 10.2 Å². The van der Waals surface area contributed by atoms with E-state index in [0.29, 0.717) is 23.6 Å². The maximum atomic E-state index is 12.9. The second-order valence-corrected chi connectivity index (χ2v) is 9.85. The molecule has 0 unspecified atom stereocenters. The van der Waals surface area contributed by atoms with Gasteiger partial charge in [-0.05, 0) is 49.2 Å². The number of carbonyl (C=O) groups excluding carboxylic acids is 1. The first-order valence-corrected chi connectivity index (χ1v) is 11.5. The van der Waals surface area contributed by atoms with Gasteiger partial charge in [0.15, 0.2) is 20.5 Å². The topological polar surface area (TPSA) is 115 Å². The van der Waals surface area contributed by atoms with Crippen LogP contribution < -0.4 is 11.0 Å². The van der Waals surface area contributed by atoms with Crippen molar-refractivity contribution >= 4 is 38.7 Å². The van der Waals surface area contributed by atoms with Crippen LogP contribution >= 0.6 is 11.6 Å². The summed E-state index contributed by atoms with van der Waals surface area (Å²) in [6.45, 7) is -0.338. The number of rotatable bonds is 5. The number of nitrogens with one attached hydrogen (secondary N) is 1. The van der Waals surface area contributed by atoms with Gasteiger partial charge in [0.2, 0.25) is 5.91 Å². The highest BCUT2D eigenvalue weighted by molar-refractivity contribution is 7.92. The maximum Gasteiger partial charge on any atom is 0.367 e. The summed E-state index contributed by atoms with van der Waals surface area (Å²) >= 11 is 5.82. The summed E-state index contributed by atoms with van der Waals surface area (Å²) in [5.41, 5.74) is 0.0130. The van der Waals surface area contributed by atoms with Crippen LogP contribution in [-0.4, -0.2) is 39.0 Å². The van der Waals surface area contributed by atoms with Crippen molar-refractivity contribution in [1.82, 2.24) is 19.4 Å². The van der Waals surface area contributed by atoms with Crippen LogP contribution in [-0.2, 0) is 21.2 Å². The molecule has 4 rings (SSSR count). The Balaban J connectivity index is 1.57. The van der Waals surface area contributed by atoms with Crippen molar-refractivity contribution < 1.29 is 13.2 Å². The Kier molecular flexibility index (Phi) is 5.61. The summed E-state index contributed by atoms with van der Waals surface area (Å²) in [5, 5.41) is 10.7. The van der Waals surface area contributed by atoms with Gasteiger partial charge >= 0.3 is 5.69 Å². The van der Waals surface area contributed by atoms with E-state index in [-0.39, 0.29) is 17.2 Å². The molecule has 1 aliphatic carbocycles. The molecule has 11 heteroatoms. The Morgan fingerprint density at radius 3 is 2.47 bits per heavy atom. The average molecular weight is 450 g/mol. The summed E-state index contributed by atoms with van der Waals surface area (Å²) in [5.74, 6) is -0.460. The Hall–Kier alpha value is -2.72. The van der Waals surface area contributed by atoms with Crippen molar-refractivity contribution in [3.05, 3.63) is 51.9 Å². The SMILES string of the molecule is O=C(Cn1nc2ccc(S(=O)(=O)C3CCCCC3)nn2c1=O)Nc1ccc(Cl)cc1. The van der Waals surface area contributed by atoms with Crippen LogP contribution in [0.1, 0.15) is 32.1 Å². The number of nitrogens with zero attached hydrogens (tertiary/aromatic N) is 4. The van der Waals surface area contributed by atoms with E-state index < -0.39 is 26.7 Å². The van der Waals surface area contributed by atoms with E-state index >= 15 is 0 Å². The van der Waals surface area contributed by atoms with Crippen LogP contribution in [0.3, 0.4) is 0 Å². The molecule has 0 saturated heterocycles. The molecular formula is C19H20ClN5O4S. The van der Waals surface area contributed by atoms with Gasteiger partial charge in [-0.2, -0.15) is 4.52 Å². The molecule has 1 amide bonds. The van der Waals surface area contributed by atoms with Gasteiger partial charge in [-0.1, -0.05) is 30.9 Å². The third-order valence-corrected chi connectivity index (χ3v) is 7.52. The number of benzene rings is 1. The normalized spacial score (nSPS) is 15.4.